The Morgan fingerprint density at radius 1 is 0.720 bits per heavy atom. The van der Waals surface area contributed by atoms with Crippen molar-refractivity contribution in [2.45, 2.75) is 147 Å². The van der Waals surface area contributed by atoms with E-state index < -0.39 is 55.3 Å². The molecule has 0 aliphatic carbocycles. The van der Waals surface area contributed by atoms with Crippen molar-refractivity contribution in [1.29, 1.82) is 0 Å². The monoisotopic (exact) mass is 699 g/mol. The summed E-state index contributed by atoms with van der Waals surface area (Å²) in [5.74, 6) is -1.67. The lowest BCUT2D eigenvalue weighted by molar-refractivity contribution is -0.282. The Morgan fingerprint density at radius 2 is 1.20 bits per heavy atom. The molecule has 11 nitrogen and oxygen atoms in total. The van der Waals surface area contributed by atoms with Crippen molar-refractivity contribution >= 4 is 17.8 Å². The Bertz CT molecular complexity index is 1170. The number of nitrogens with one attached hydrogen (secondary N) is 1. The summed E-state index contributed by atoms with van der Waals surface area (Å²) < 4.78 is 22.7. The van der Waals surface area contributed by atoms with Crippen LogP contribution in [0.4, 0.5) is 0 Å². The van der Waals surface area contributed by atoms with Crippen molar-refractivity contribution in [3.8, 4) is 0 Å². The van der Waals surface area contributed by atoms with Gasteiger partial charge in [-0.05, 0) is 17.5 Å². The van der Waals surface area contributed by atoms with E-state index in [9.17, 15) is 29.7 Å². The Kier molecular flexibility index (Phi) is 19.7. The lowest BCUT2D eigenvalue weighted by Gasteiger charge is -2.43. The van der Waals surface area contributed by atoms with E-state index in [1.165, 1.54) is 44.9 Å². The number of ether oxygens (including phenoxy) is 4. The van der Waals surface area contributed by atoms with Gasteiger partial charge in [0.05, 0.1) is 25.6 Å². The first kappa shape index (κ1) is 41.1. The molecule has 3 rings (SSSR count). The number of carbonyl (C=O) groups excluding carboxylic acids is 3. The van der Waals surface area contributed by atoms with Gasteiger partial charge >= 0.3 is 11.9 Å². The van der Waals surface area contributed by atoms with Crippen LogP contribution in [0, 0.1) is 0 Å². The molecule has 50 heavy (non-hydrogen) atoms. The fraction of sp³-hybridized carbons (Fsp3) is 0.615. The quantitative estimate of drug-likeness (QED) is 0.0840. The van der Waals surface area contributed by atoms with E-state index in [0.29, 0.717) is 6.42 Å². The van der Waals surface area contributed by atoms with Gasteiger partial charge < -0.3 is 39.6 Å². The molecule has 0 aromatic heterocycles. The van der Waals surface area contributed by atoms with Gasteiger partial charge in [0, 0.05) is 6.42 Å². The first-order valence-electron chi connectivity index (χ1n) is 18.3. The molecular formula is C39H57NO10. The predicted molar refractivity (Wildman–Crippen MR) is 187 cm³/mol. The second-order valence-electron chi connectivity index (χ2n) is 13.0. The van der Waals surface area contributed by atoms with E-state index in [4.69, 9.17) is 18.9 Å². The first-order valence-corrected chi connectivity index (χ1v) is 18.3. The molecule has 1 aliphatic rings. The highest BCUT2D eigenvalue weighted by Crippen LogP contribution is 2.25. The van der Waals surface area contributed by atoms with Gasteiger partial charge in [0.25, 0.3) is 0 Å². The highest BCUT2D eigenvalue weighted by molar-refractivity contribution is 5.76. The maximum atomic E-state index is 13.0. The fourth-order valence-corrected chi connectivity index (χ4v) is 5.88. The van der Waals surface area contributed by atoms with Gasteiger partial charge in [-0.25, -0.2) is 0 Å². The molecule has 0 unspecified atom stereocenters. The topological polar surface area (TPSA) is 161 Å². The van der Waals surface area contributed by atoms with Gasteiger partial charge in [-0.3, -0.25) is 14.4 Å². The molecule has 1 amide bonds. The van der Waals surface area contributed by atoms with Crippen LogP contribution >= 0.6 is 0 Å². The molecule has 1 saturated heterocycles. The first-order chi connectivity index (χ1) is 24.3. The van der Waals surface area contributed by atoms with Crippen LogP contribution in [0.2, 0.25) is 0 Å². The third-order valence-electron chi connectivity index (χ3n) is 8.82. The molecule has 11 heteroatoms. The van der Waals surface area contributed by atoms with E-state index in [-0.39, 0.29) is 38.4 Å². The third-order valence-corrected chi connectivity index (χ3v) is 8.82. The Morgan fingerprint density at radius 3 is 1.68 bits per heavy atom. The largest absolute Gasteiger partial charge is 0.461 e. The SMILES string of the molecule is CCCCCCCCCCCCCC(=O)N[C@H]1[C@@H](OC(CC(=O)OCc2ccccc2)CC(=O)OCc2ccccc2)O[C@H](CO)[C@@H](O)[C@@H]1O. The van der Waals surface area contributed by atoms with Gasteiger partial charge in [0.2, 0.25) is 5.91 Å². The van der Waals surface area contributed by atoms with E-state index in [0.717, 1.165) is 30.4 Å². The maximum Gasteiger partial charge on any atom is 0.308 e. The van der Waals surface area contributed by atoms with Gasteiger partial charge in [-0.15, -0.1) is 0 Å². The van der Waals surface area contributed by atoms with Crippen molar-refractivity contribution < 1.29 is 48.7 Å². The summed E-state index contributed by atoms with van der Waals surface area (Å²) in [5, 5.41) is 34.2. The van der Waals surface area contributed by atoms with Crippen molar-refractivity contribution in [1.82, 2.24) is 5.32 Å². The minimum Gasteiger partial charge on any atom is -0.461 e. The number of hydrogen-bond acceptors (Lipinski definition) is 10. The zero-order chi connectivity index (χ0) is 36.0. The number of aliphatic hydroxyl groups excluding tert-OH is 3. The zero-order valence-corrected chi connectivity index (χ0v) is 29.5. The average Bonchev–Trinajstić information content (AvgIpc) is 3.12. The number of rotatable bonds is 24. The number of benzene rings is 2. The molecule has 0 saturated carbocycles. The molecule has 1 aliphatic heterocycles. The minimum atomic E-state index is -1.55. The Labute approximate surface area is 296 Å². The standard InChI is InChI=1S/C39H57NO10/c1-2-3-4-5-6-7-8-9-10-11-18-23-33(42)40-36-38(46)37(45)32(26-41)50-39(36)49-31(24-34(43)47-27-29-19-14-12-15-20-29)25-35(44)48-28-30-21-16-13-17-22-30/h12-17,19-22,31-32,36-39,41,45-46H,2-11,18,23-28H2,1H3,(H,40,42)/t32-,36-,37-,38-,39+/m1/s1. The third kappa shape index (κ3) is 15.7. The molecule has 2 aromatic rings. The average molecular weight is 700 g/mol. The molecule has 0 radical (unpaired) electrons. The molecule has 0 bridgehead atoms. The number of amides is 1. The van der Waals surface area contributed by atoms with E-state index >= 15 is 0 Å². The van der Waals surface area contributed by atoms with Gasteiger partial charge in [-0.2, -0.15) is 0 Å². The highest BCUT2D eigenvalue weighted by Gasteiger charge is 2.46. The maximum absolute atomic E-state index is 13.0. The second-order valence-corrected chi connectivity index (χ2v) is 13.0. The van der Waals surface area contributed by atoms with E-state index in [1.807, 2.05) is 60.7 Å². The molecule has 1 fully saturated rings. The van der Waals surface area contributed by atoms with Crippen molar-refractivity contribution in [3.05, 3.63) is 71.8 Å². The van der Waals surface area contributed by atoms with Crippen molar-refractivity contribution in [2.75, 3.05) is 6.61 Å². The Hall–Kier alpha value is -3.35. The van der Waals surface area contributed by atoms with Gasteiger partial charge in [-0.1, -0.05) is 132 Å². The summed E-state index contributed by atoms with van der Waals surface area (Å²) in [6.45, 7) is 1.60. The molecule has 278 valence electrons. The minimum absolute atomic E-state index is 0.0139. The van der Waals surface area contributed by atoms with E-state index in [1.54, 1.807) is 0 Å². The van der Waals surface area contributed by atoms with E-state index in [2.05, 4.69) is 12.2 Å². The molecular weight excluding hydrogens is 642 g/mol. The summed E-state index contributed by atoms with van der Waals surface area (Å²) >= 11 is 0. The lowest BCUT2D eigenvalue weighted by atomic mass is 9.96. The normalized spacial score (nSPS) is 20.4. The summed E-state index contributed by atoms with van der Waals surface area (Å²) in [5.41, 5.74) is 1.55. The zero-order valence-electron chi connectivity index (χ0n) is 29.5. The summed E-state index contributed by atoms with van der Waals surface area (Å²) in [7, 11) is 0. The second kappa shape index (κ2) is 23.9. The van der Waals surface area contributed by atoms with Crippen LogP contribution in [-0.2, 0) is 46.5 Å². The van der Waals surface area contributed by atoms with Crippen LogP contribution in [0.5, 0.6) is 0 Å². The number of aliphatic hydroxyl groups is 3. The van der Waals surface area contributed by atoms with Crippen LogP contribution in [0.1, 0.15) is 108 Å². The highest BCUT2D eigenvalue weighted by atomic mass is 16.7. The lowest BCUT2D eigenvalue weighted by Crippen LogP contribution is -2.65. The van der Waals surface area contributed by atoms with Gasteiger partial charge in [0.1, 0.15) is 37.6 Å². The summed E-state index contributed by atoms with van der Waals surface area (Å²) in [4.78, 5) is 38.8. The molecule has 0 spiro atoms. The van der Waals surface area contributed by atoms with Crippen LogP contribution in [-0.4, -0.2) is 76.5 Å². The number of unbranched alkanes of at least 4 members (excludes halogenated alkanes) is 10. The number of carbonyl (C=O) groups is 3. The molecule has 4 N–H and O–H groups in total. The number of hydrogen-bond donors (Lipinski definition) is 4. The van der Waals surface area contributed by atoms with Crippen molar-refractivity contribution in [2.24, 2.45) is 0 Å². The van der Waals surface area contributed by atoms with Gasteiger partial charge in [0.15, 0.2) is 6.29 Å². The summed E-state index contributed by atoms with van der Waals surface area (Å²) in [6, 6.07) is 17.0. The summed E-state index contributed by atoms with van der Waals surface area (Å²) in [6.07, 6.45) is 5.16. The molecule has 2 aromatic carbocycles. The Balaban J connectivity index is 1.58. The van der Waals surface area contributed by atoms with Crippen LogP contribution in [0.3, 0.4) is 0 Å². The predicted octanol–water partition coefficient (Wildman–Crippen LogP) is 5.26. The molecule has 1 heterocycles. The van der Waals surface area contributed by atoms with Crippen LogP contribution in [0.15, 0.2) is 60.7 Å². The number of esters is 2. The molecule has 5 atom stereocenters. The van der Waals surface area contributed by atoms with Crippen LogP contribution in [0.25, 0.3) is 0 Å². The van der Waals surface area contributed by atoms with Crippen molar-refractivity contribution in [3.63, 3.8) is 0 Å². The van der Waals surface area contributed by atoms with Crippen LogP contribution < -0.4 is 5.32 Å². The smallest absolute Gasteiger partial charge is 0.308 e. The fourth-order valence-electron chi connectivity index (χ4n) is 5.88.